The second-order valence-electron chi connectivity index (χ2n) is 6.04. The minimum absolute atomic E-state index is 0.0874. The van der Waals surface area contributed by atoms with E-state index < -0.39 is 0 Å². The van der Waals surface area contributed by atoms with E-state index in [2.05, 4.69) is 19.9 Å². The van der Waals surface area contributed by atoms with Crippen LogP contribution in [0, 0.1) is 28.6 Å². The van der Waals surface area contributed by atoms with E-state index in [9.17, 15) is 4.79 Å². The fraction of sp³-hybridized carbons (Fsp3) is 0.857. The molecule has 0 aromatic carbocycles. The van der Waals surface area contributed by atoms with Crippen molar-refractivity contribution in [2.75, 3.05) is 13.6 Å². The molecule has 0 spiro atoms. The first-order chi connectivity index (χ1) is 7.88. The summed E-state index contributed by atoms with van der Waals surface area (Å²) in [6.07, 6.45) is 4.51. The Morgan fingerprint density at radius 1 is 1.53 bits per heavy atom. The molecule has 0 N–H and O–H groups in total. The molecule has 1 fully saturated rings. The molecule has 0 radical (unpaired) electrons. The Labute approximate surface area is 105 Å². The number of rotatable bonds is 3. The molecule has 2 atom stereocenters. The van der Waals surface area contributed by atoms with Gasteiger partial charge in [-0.15, -0.1) is 0 Å². The monoisotopic (exact) mass is 236 g/mol. The molecule has 17 heavy (non-hydrogen) atoms. The Morgan fingerprint density at radius 2 is 2.18 bits per heavy atom. The number of hydrogen-bond donors (Lipinski definition) is 0. The van der Waals surface area contributed by atoms with Gasteiger partial charge in [0.1, 0.15) is 0 Å². The summed E-state index contributed by atoms with van der Waals surface area (Å²) < 4.78 is 0. The van der Waals surface area contributed by atoms with Gasteiger partial charge in [-0.2, -0.15) is 5.26 Å². The number of hydrogen-bond acceptors (Lipinski definition) is 2. The first-order valence-electron chi connectivity index (χ1n) is 6.53. The molecule has 1 rings (SSSR count). The van der Waals surface area contributed by atoms with Crippen LogP contribution >= 0.6 is 0 Å². The largest absolute Gasteiger partial charge is 0.344 e. The SMILES string of the molecule is CC(C#N)CN(C)C(=O)C1CCCCC1(C)C. The molecule has 1 aliphatic carbocycles. The fourth-order valence-electron chi connectivity index (χ4n) is 2.76. The highest BCUT2D eigenvalue weighted by atomic mass is 16.2. The summed E-state index contributed by atoms with van der Waals surface area (Å²) in [5.41, 5.74) is 0.111. The molecule has 0 aromatic heterocycles. The third-order valence-electron chi connectivity index (χ3n) is 3.95. The summed E-state index contributed by atoms with van der Waals surface area (Å²) in [4.78, 5) is 14.1. The number of carbonyl (C=O) groups is 1. The Hall–Kier alpha value is -1.04. The predicted molar refractivity (Wildman–Crippen MR) is 68.2 cm³/mol. The highest BCUT2D eigenvalue weighted by molar-refractivity contribution is 5.79. The first kappa shape index (κ1) is 14.0. The van der Waals surface area contributed by atoms with E-state index in [-0.39, 0.29) is 23.2 Å². The van der Waals surface area contributed by atoms with Crippen LogP contribution in [0.15, 0.2) is 0 Å². The smallest absolute Gasteiger partial charge is 0.226 e. The average molecular weight is 236 g/mol. The van der Waals surface area contributed by atoms with Crippen molar-refractivity contribution < 1.29 is 4.79 Å². The first-order valence-corrected chi connectivity index (χ1v) is 6.53. The zero-order valence-corrected chi connectivity index (χ0v) is 11.5. The predicted octanol–water partition coefficient (Wildman–Crippen LogP) is 2.82. The molecule has 2 unspecified atom stereocenters. The molecule has 1 amide bonds. The Bertz CT molecular complexity index is 317. The lowest BCUT2D eigenvalue weighted by atomic mass is 9.68. The molecular formula is C14H24N2O. The van der Waals surface area contributed by atoms with Gasteiger partial charge in [0.15, 0.2) is 0 Å². The fourth-order valence-corrected chi connectivity index (χ4v) is 2.76. The minimum atomic E-state index is -0.0874. The van der Waals surface area contributed by atoms with E-state index in [1.807, 2.05) is 14.0 Å². The van der Waals surface area contributed by atoms with Gasteiger partial charge in [0.2, 0.25) is 5.91 Å². The Balaban J connectivity index is 2.65. The maximum atomic E-state index is 12.4. The summed E-state index contributed by atoms with van der Waals surface area (Å²) >= 11 is 0. The molecule has 1 saturated carbocycles. The highest BCUT2D eigenvalue weighted by Crippen LogP contribution is 2.41. The van der Waals surface area contributed by atoms with Gasteiger partial charge in [-0.25, -0.2) is 0 Å². The average Bonchev–Trinajstić information content (AvgIpc) is 2.27. The lowest BCUT2D eigenvalue weighted by molar-refractivity contribution is -0.140. The summed E-state index contributed by atoms with van der Waals surface area (Å²) in [5, 5.41) is 8.79. The standard InChI is InChI=1S/C14H24N2O/c1-11(9-15)10-16(4)13(17)12-7-5-6-8-14(12,2)3/h11-12H,5-8,10H2,1-4H3. The van der Waals surface area contributed by atoms with Crippen LogP contribution in [-0.2, 0) is 4.79 Å². The number of nitrogens with zero attached hydrogens (tertiary/aromatic N) is 2. The van der Waals surface area contributed by atoms with Gasteiger partial charge in [-0.05, 0) is 25.2 Å². The molecule has 0 aliphatic heterocycles. The normalized spacial score (nSPS) is 24.8. The van der Waals surface area contributed by atoms with Crippen molar-refractivity contribution in [3.8, 4) is 6.07 Å². The van der Waals surface area contributed by atoms with Gasteiger partial charge in [-0.3, -0.25) is 4.79 Å². The lowest BCUT2D eigenvalue weighted by Crippen LogP contribution is -2.43. The molecule has 1 aliphatic rings. The quantitative estimate of drug-likeness (QED) is 0.756. The summed E-state index contributed by atoms with van der Waals surface area (Å²) in [6, 6.07) is 2.18. The molecule has 0 bridgehead atoms. The van der Waals surface area contributed by atoms with Crippen molar-refractivity contribution in [1.82, 2.24) is 4.90 Å². The van der Waals surface area contributed by atoms with Crippen molar-refractivity contribution in [2.24, 2.45) is 17.3 Å². The third kappa shape index (κ3) is 3.46. The van der Waals surface area contributed by atoms with E-state index in [1.54, 1.807) is 4.90 Å². The summed E-state index contributed by atoms with van der Waals surface area (Å²) in [7, 11) is 1.82. The van der Waals surface area contributed by atoms with E-state index in [1.165, 1.54) is 6.42 Å². The molecule has 3 heteroatoms. The maximum Gasteiger partial charge on any atom is 0.226 e. The Morgan fingerprint density at radius 3 is 2.71 bits per heavy atom. The van der Waals surface area contributed by atoms with Gasteiger partial charge in [0, 0.05) is 19.5 Å². The van der Waals surface area contributed by atoms with Crippen LogP contribution in [0.4, 0.5) is 0 Å². The molecule has 3 nitrogen and oxygen atoms in total. The molecule has 96 valence electrons. The van der Waals surface area contributed by atoms with Crippen LogP contribution in [0.25, 0.3) is 0 Å². The van der Waals surface area contributed by atoms with E-state index in [4.69, 9.17) is 5.26 Å². The maximum absolute atomic E-state index is 12.4. The van der Waals surface area contributed by atoms with Crippen LogP contribution < -0.4 is 0 Å². The van der Waals surface area contributed by atoms with Gasteiger partial charge in [0.05, 0.1) is 12.0 Å². The Kier molecular flexibility index (Phi) is 4.56. The van der Waals surface area contributed by atoms with Crippen molar-refractivity contribution in [3.05, 3.63) is 0 Å². The lowest BCUT2D eigenvalue weighted by Gasteiger charge is -2.39. The van der Waals surface area contributed by atoms with E-state index in [0.29, 0.717) is 6.54 Å². The number of carbonyl (C=O) groups excluding carboxylic acids is 1. The molecule has 0 aromatic rings. The third-order valence-corrected chi connectivity index (χ3v) is 3.95. The highest BCUT2D eigenvalue weighted by Gasteiger charge is 2.38. The zero-order valence-electron chi connectivity index (χ0n) is 11.5. The topological polar surface area (TPSA) is 44.1 Å². The van der Waals surface area contributed by atoms with Crippen molar-refractivity contribution in [3.63, 3.8) is 0 Å². The second kappa shape index (κ2) is 5.53. The van der Waals surface area contributed by atoms with Crippen LogP contribution in [-0.4, -0.2) is 24.4 Å². The number of nitriles is 1. The van der Waals surface area contributed by atoms with Gasteiger partial charge >= 0.3 is 0 Å². The van der Waals surface area contributed by atoms with Crippen molar-refractivity contribution in [1.29, 1.82) is 5.26 Å². The van der Waals surface area contributed by atoms with E-state index in [0.717, 1.165) is 19.3 Å². The number of amides is 1. The minimum Gasteiger partial charge on any atom is -0.344 e. The van der Waals surface area contributed by atoms with Crippen LogP contribution in [0.5, 0.6) is 0 Å². The second-order valence-corrected chi connectivity index (χ2v) is 6.04. The van der Waals surface area contributed by atoms with E-state index >= 15 is 0 Å². The molecule has 0 heterocycles. The van der Waals surface area contributed by atoms with Gasteiger partial charge < -0.3 is 4.90 Å². The zero-order chi connectivity index (χ0) is 13.1. The molecular weight excluding hydrogens is 212 g/mol. The molecule has 0 saturated heterocycles. The van der Waals surface area contributed by atoms with Crippen LogP contribution in [0.2, 0.25) is 0 Å². The van der Waals surface area contributed by atoms with Gasteiger partial charge in [0.25, 0.3) is 0 Å². The summed E-state index contributed by atoms with van der Waals surface area (Å²) in [5.74, 6) is 0.264. The van der Waals surface area contributed by atoms with Crippen LogP contribution in [0.3, 0.4) is 0 Å². The van der Waals surface area contributed by atoms with Crippen LogP contribution in [0.1, 0.15) is 46.5 Å². The van der Waals surface area contributed by atoms with Crippen molar-refractivity contribution >= 4 is 5.91 Å². The van der Waals surface area contributed by atoms with Crippen molar-refractivity contribution in [2.45, 2.75) is 46.5 Å². The van der Waals surface area contributed by atoms with Gasteiger partial charge in [-0.1, -0.05) is 26.7 Å². The summed E-state index contributed by atoms with van der Waals surface area (Å²) in [6.45, 7) is 6.78.